The maximum absolute atomic E-state index is 12.2. The van der Waals surface area contributed by atoms with Gasteiger partial charge in [0.1, 0.15) is 0 Å². The van der Waals surface area contributed by atoms with Gasteiger partial charge in [-0.1, -0.05) is 24.3 Å². The number of nitrogens with zero attached hydrogens (tertiary/aromatic N) is 1. The number of benzene rings is 2. The Morgan fingerprint density at radius 1 is 1.04 bits per heavy atom. The first kappa shape index (κ1) is 16.1. The summed E-state index contributed by atoms with van der Waals surface area (Å²) in [4.78, 5) is 26.0. The predicted octanol–water partition coefficient (Wildman–Crippen LogP) is 4.16. The first-order valence-corrected chi connectivity index (χ1v) is 8.17. The average Bonchev–Trinajstić information content (AvgIpc) is 2.57. The van der Waals surface area contributed by atoms with Gasteiger partial charge < -0.3 is 15.5 Å². The lowest BCUT2D eigenvalue weighted by atomic mass is 10.1. The lowest BCUT2D eigenvalue weighted by Crippen LogP contribution is -2.35. The lowest BCUT2D eigenvalue weighted by Gasteiger charge is -2.27. The van der Waals surface area contributed by atoms with Crippen LogP contribution in [0.4, 0.5) is 21.9 Å². The highest BCUT2D eigenvalue weighted by Gasteiger charge is 2.19. The molecule has 1 aliphatic rings. The number of urea groups is 1. The minimum absolute atomic E-state index is 0.141. The summed E-state index contributed by atoms with van der Waals surface area (Å²) >= 11 is 0. The monoisotopic (exact) mass is 323 g/mol. The van der Waals surface area contributed by atoms with Crippen molar-refractivity contribution in [3.05, 3.63) is 54.1 Å². The molecule has 0 unspecified atom stereocenters. The van der Waals surface area contributed by atoms with Crippen LogP contribution in [0.3, 0.4) is 0 Å². The Morgan fingerprint density at radius 3 is 2.67 bits per heavy atom. The van der Waals surface area contributed by atoms with Crippen molar-refractivity contribution < 1.29 is 9.59 Å². The summed E-state index contributed by atoms with van der Waals surface area (Å²) in [6, 6.07) is 14.7. The average molecular weight is 323 g/mol. The quantitative estimate of drug-likeness (QED) is 0.891. The van der Waals surface area contributed by atoms with E-state index in [0.717, 1.165) is 36.3 Å². The van der Waals surface area contributed by atoms with Crippen molar-refractivity contribution in [2.75, 3.05) is 22.1 Å². The summed E-state index contributed by atoms with van der Waals surface area (Å²) in [6.45, 7) is 2.68. The van der Waals surface area contributed by atoms with E-state index in [1.165, 1.54) is 0 Å². The Hall–Kier alpha value is -2.82. The Morgan fingerprint density at radius 2 is 1.88 bits per heavy atom. The van der Waals surface area contributed by atoms with Gasteiger partial charge in [-0.15, -0.1) is 0 Å². The molecule has 0 atom stereocenters. The van der Waals surface area contributed by atoms with E-state index in [1.807, 2.05) is 55.5 Å². The molecular weight excluding hydrogens is 302 g/mol. The van der Waals surface area contributed by atoms with Gasteiger partial charge in [0.2, 0.25) is 5.91 Å². The standard InChI is InChI=1S/C19H21N3O2/c1-14-7-2-3-10-17(14)21-19(24)20-15-8-6-9-16(13-15)22-12-5-4-11-18(22)23/h2-3,6-10,13H,4-5,11-12H2,1H3,(H2,20,21,24). The van der Waals surface area contributed by atoms with Gasteiger partial charge in [-0.3, -0.25) is 4.79 Å². The number of piperidine rings is 1. The molecule has 0 aliphatic carbocycles. The van der Waals surface area contributed by atoms with E-state index in [4.69, 9.17) is 0 Å². The second kappa shape index (κ2) is 7.17. The number of aryl methyl sites for hydroxylation is 1. The predicted molar refractivity (Wildman–Crippen MR) is 96.5 cm³/mol. The van der Waals surface area contributed by atoms with Crippen LogP contribution in [0.15, 0.2) is 48.5 Å². The van der Waals surface area contributed by atoms with E-state index in [2.05, 4.69) is 10.6 Å². The molecule has 3 amide bonds. The fraction of sp³-hybridized carbons (Fsp3) is 0.263. The second-order valence-electron chi connectivity index (χ2n) is 5.95. The molecule has 2 aromatic rings. The molecule has 1 heterocycles. The second-order valence-corrected chi connectivity index (χ2v) is 5.95. The normalized spacial score (nSPS) is 14.4. The molecule has 2 aromatic carbocycles. The number of amides is 3. The van der Waals surface area contributed by atoms with E-state index in [-0.39, 0.29) is 11.9 Å². The van der Waals surface area contributed by atoms with Crippen molar-refractivity contribution in [1.82, 2.24) is 0 Å². The highest BCUT2D eigenvalue weighted by Crippen LogP contribution is 2.24. The van der Waals surface area contributed by atoms with Crippen molar-refractivity contribution in [3.8, 4) is 0 Å². The van der Waals surface area contributed by atoms with E-state index in [9.17, 15) is 9.59 Å². The van der Waals surface area contributed by atoms with Gasteiger partial charge >= 0.3 is 6.03 Å². The number of para-hydroxylation sites is 1. The van der Waals surface area contributed by atoms with Crippen LogP contribution >= 0.6 is 0 Å². The van der Waals surface area contributed by atoms with Gasteiger partial charge in [-0.25, -0.2) is 4.79 Å². The van der Waals surface area contributed by atoms with Gasteiger partial charge in [0.25, 0.3) is 0 Å². The molecule has 2 N–H and O–H groups in total. The number of hydrogen-bond acceptors (Lipinski definition) is 2. The van der Waals surface area contributed by atoms with Crippen LogP contribution in [0.5, 0.6) is 0 Å². The zero-order valence-corrected chi connectivity index (χ0v) is 13.7. The van der Waals surface area contributed by atoms with Crippen molar-refractivity contribution in [2.24, 2.45) is 0 Å². The highest BCUT2D eigenvalue weighted by molar-refractivity contribution is 6.01. The fourth-order valence-corrected chi connectivity index (χ4v) is 2.83. The van der Waals surface area contributed by atoms with Crippen LogP contribution in [0.25, 0.3) is 0 Å². The molecule has 5 heteroatoms. The van der Waals surface area contributed by atoms with Gasteiger partial charge in [0.05, 0.1) is 0 Å². The molecule has 0 aromatic heterocycles. The van der Waals surface area contributed by atoms with Gasteiger partial charge in [0.15, 0.2) is 0 Å². The largest absolute Gasteiger partial charge is 0.323 e. The van der Waals surface area contributed by atoms with E-state index in [1.54, 1.807) is 4.90 Å². The van der Waals surface area contributed by atoms with Crippen LogP contribution < -0.4 is 15.5 Å². The maximum Gasteiger partial charge on any atom is 0.323 e. The zero-order chi connectivity index (χ0) is 16.9. The number of carbonyl (C=O) groups is 2. The molecule has 3 rings (SSSR count). The van der Waals surface area contributed by atoms with Gasteiger partial charge in [0, 0.05) is 30.0 Å². The lowest BCUT2D eigenvalue weighted by molar-refractivity contribution is -0.119. The van der Waals surface area contributed by atoms with Gasteiger partial charge in [-0.2, -0.15) is 0 Å². The molecule has 0 saturated carbocycles. The Balaban J connectivity index is 1.69. The van der Waals surface area contributed by atoms with E-state index >= 15 is 0 Å². The molecule has 0 bridgehead atoms. The molecule has 1 aliphatic heterocycles. The SMILES string of the molecule is Cc1ccccc1NC(=O)Nc1cccc(N2CCCCC2=O)c1. The number of nitrogens with one attached hydrogen (secondary N) is 2. The molecule has 1 saturated heterocycles. The van der Waals surface area contributed by atoms with Crippen LogP contribution in [-0.2, 0) is 4.79 Å². The molecule has 0 spiro atoms. The summed E-state index contributed by atoms with van der Waals surface area (Å²) < 4.78 is 0. The number of anilines is 3. The maximum atomic E-state index is 12.2. The first-order chi connectivity index (χ1) is 11.6. The summed E-state index contributed by atoms with van der Waals surface area (Å²) in [5.74, 6) is 0.141. The van der Waals surface area contributed by atoms with Crippen LogP contribution in [-0.4, -0.2) is 18.5 Å². The minimum Gasteiger partial charge on any atom is -0.312 e. The molecule has 1 fully saturated rings. The van der Waals surface area contributed by atoms with Gasteiger partial charge in [-0.05, 0) is 49.6 Å². The number of hydrogen-bond donors (Lipinski definition) is 2. The number of carbonyl (C=O) groups excluding carboxylic acids is 2. The van der Waals surface area contributed by atoms with Crippen LogP contribution in [0, 0.1) is 6.92 Å². The number of rotatable bonds is 3. The third kappa shape index (κ3) is 3.74. The van der Waals surface area contributed by atoms with Crippen LogP contribution in [0.1, 0.15) is 24.8 Å². The van der Waals surface area contributed by atoms with E-state index < -0.39 is 0 Å². The smallest absolute Gasteiger partial charge is 0.312 e. The third-order valence-corrected chi connectivity index (χ3v) is 4.13. The highest BCUT2D eigenvalue weighted by atomic mass is 16.2. The Labute approximate surface area is 141 Å². The molecule has 5 nitrogen and oxygen atoms in total. The van der Waals surface area contributed by atoms with Crippen molar-refractivity contribution in [2.45, 2.75) is 26.2 Å². The molecule has 0 radical (unpaired) electrons. The summed E-state index contributed by atoms with van der Waals surface area (Å²) in [5.41, 5.74) is 3.27. The van der Waals surface area contributed by atoms with E-state index in [0.29, 0.717) is 12.1 Å². The van der Waals surface area contributed by atoms with Crippen molar-refractivity contribution in [1.29, 1.82) is 0 Å². The molecule has 24 heavy (non-hydrogen) atoms. The topological polar surface area (TPSA) is 61.4 Å². The Bertz CT molecular complexity index is 758. The minimum atomic E-state index is -0.300. The third-order valence-electron chi connectivity index (χ3n) is 4.13. The molecular formula is C19H21N3O2. The molecule has 124 valence electrons. The summed E-state index contributed by atoms with van der Waals surface area (Å²) in [6.07, 6.45) is 2.55. The van der Waals surface area contributed by atoms with Crippen molar-refractivity contribution in [3.63, 3.8) is 0 Å². The van der Waals surface area contributed by atoms with Crippen LogP contribution in [0.2, 0.25) is 0 Å². The summed E-state index contributed by atoms with van der Waals surface area (Å²) in [7, 11) is 0. The van der Waals surface area contributed by atoms with Crippen molar-refractivity contribution >= 4 is 29.0 Å². The zero-order valence-electron chi connectivity index (χ0n) is 13.7. The Kier molecular flexibility index (Phi) is 4.79. The first-order valence-electron chi connectivity index (χ1n) is 8.17. The fourth-order valence-electron chi connectivity index (χ4n) is 2.83. The summed E-state index contributed by atoms with van der Waals surface area (Å²) in [5, 5.41) is 5.66.